The zero-order valence-corrected chi connectivity index (χ0v) is 27.3. The van der Waals surface area contributed by atoms with Crippen LogP contribution in [0.3, 0.4) is 0 Å². The highest BCUT2D eigenvalue weighted by Gasteiger charge is 2.90. The molecule has 2 saturated carbocycles. The number of ether oxygens (including phenoxy) is 5. The topological polar surface area (TPSA) is 144 Å². The first kappa shape index (κ1) is 32.6. The van der Waals surface area contributed by atoms with E-state index in [0.717, 1.165) is 25.7 Å². The smallest absolute Gasteiger partial charge is 0.338 e. The Morgan fingerprint density at radius 3 is 2.53 bits per heavy atom. The van der Waals surface area contributed by atoms with E-state index in [4.69, 9.17) is 23.7 Å². The summed E-state index contributed by atoms with van der Waals surface area (Å²) in [6.45, 7) is 11.0. The van der Waals surface area contributed by atoms with Crippen LogP contribution in [0, 0.1) is 17.8 Å². The molecular weight excluding hydrogens is 604 g/mol. The van der Waals surface area contributed by atoms with E-state index in [1.807, 2.05) is 19.1 Å². The van der Waals surface area contributed by atoms with E-state index in [2.05, 4.69) is 13.5 Å². The van der Waals surface area contributed by atoms with Gasteiger partial charge in [0, 0.05) is 23.8 Å². The van der Waals surface area contributed by atoms with Crippen molar-refractivity contribution in [2.24, 2.45) is 17.8 Å². The van der Waals surface area contributed by atoms with E-state index < -0.39 is 88.9 Å². The molecular formula is C37H44O10. The minimum absolute atomic E-state index is 0.238. The molecule has 7 rings (SSSR count). The van der Waals surface area contributed by atoms with Crippen LogP contribution < -0.4 is 0 Å². The highest BCUT2D eigenvalue weighted by molar-refractivity contribution is 6.05. The lowest BCUT2D eigenvalue weighted by molar-refractivity contribution is -0.407. The largest absolute Gasteiger partial charge is 0.455 e. The Hall–Kier alpha value is -2.96. The number of benzene rings is 1. The van der Waals surface area contributed by atoms with E-state index in [-0.39, 0.29) is 5.57 Å². The lowest BCUT2D eigenvalue weighted by Crippen LogP contribution is -2.76. The number of hydrogen-bond donors (Lipinski definition) is 3. The summed E-state index contributed by atoms with van der Waals surface area (Å²) in [5.41, 5.74) is -6.01. The number of aliphatic hydroxyl groups is 3. The van der Waals surface area contributed by atoms with Crippen molar-refractivity contribution in [1.29, 1.82) is 0 Å². The second-order valence-corrected chi connectivity index (χ2v) is 14.1. The minimum atomic E-state index is -2.41. The van der Waals surface area contributed by atoms with Gasteiger partial charge >= 0.3 is 11.9 Å². The molecule has 10 nitrogen and oxygen atoms in total. The Kier molecular flexibility index (Phi) is 7.65. The Balaban J connectivity index is 1.41. The number of fused-ring (bicyclic) bond motifs is 3. The molecule has 3 bridgehead atoms. The summed E-state index contributed by atoms with van der Waals surface area (Å²) in [6.07, 6.45) is 8.51. The van der Waals surface area contributed by atoms with Gasteiger partial charge in [-0.2, -0.15) is 0 Å². The van der Waals surface area contributed by atoms with Gasteiger partial charge in [0.25, 0.3) is 0 Å². The van der Waals surface area contributed by atoms with Gasteiger partial charge in [-0.15, -0.1) is 0 Å². The number of rotatable bonds is 10. The molecule has 12 atom stereocenters. The average Bonchev–Trinajstić information content (AvgIpc) is 3.69. The molecule has 3 aliphatic heterocycles. The molecule has 0 radical (unpaired) electrons. The van der Waals surface area contributed by atoms with Crippen LogP contribution in [0.2, 0.25) is 0 Å². The number of esters is 1. The standard InChI is InChI=1S/C37H44O10/c1-6-7-8-9-10-11-15-18-34-45-30-26-29-33(20-38,44-29)32(41)35(42)25(19-22(4)27(35)39)37(26,47-34)23(5)28(36(30,46-34)21(2)3)43-31(40)24-16-13-12-14-17-24/h10-19,23,25-26,28-30,32,38,41-42H,2,6-9,20H2,1,3-5H3/b11-10+,18-15+/t23-,25-,26-,28-,29+,30-,32-,33+,34-,35-,36+,37+/m1/s1. The number of aliphatic hydroxyl groups excluding tert-OH is 2. The molecule has 3 heterocycles. The fraction of sp³-hybridized carbons (Fsp3) is 0.568. The number of carbonyl (C=O) groups excluding carboxylic acids is 2. The third-order valence-corrected chi connectivity index (χ3v) is 11.5. The Bertz CT molecular complexity index is 1570. The maximum atomic E-state index is 13.8. The highest BCUT2D eigenvalue weighted by atomic mass is 16.9. The minimum Gasteiger partial charge on any atom is -0.455 e. The van der Waals surface area contributed by atoms with E-state index >= 15 is 0 Å². The molecule has 252 valence electrons. The summed E-state index contributed by atoms with van der Waals surface area (Å²) in [6, 6.07) is 8.57. The van der Waals surface area contributed by atoms with Gasteiger partial charge in [-0.25, -0.2) is 4.79 Å². The number of epoxide rings is 1. The summed E-state index contributed by atoms with van der Waals surface area (Å²) >= 11 is 0. The molecule has 0 amide bonds. The van der Waals surface area contributed by atoms with Gasteiger partial charge in [-0.3, -0.25) is 4.79 Å². The first-order valence-corrected chi connectivity index (χ1v) is 16.7. The SMILES string of the molecule is C=C(C)[C@@]12O[C@@]3(/C=C/C=C/CCCCC)O[C@@H]1[C@H]1[C@@H]4O[C@]4(CO)[C@@H](O)[C@]4(O)C(=O)C(C)=C[C@H]4[C@@]1(O3)[C@H](C)[C@H]2OC(=O)c1ccccc1. The van der Waals surface area contributed by atoms with Crippen molar-refractivity contribution in [2.45, 2.75) is 106 Å². The van der Waals surface area contributed by atoms with Gasteiger partial charge in [0.2, 0.25) is 0 Å². The van der Waals surface area contributed by atoms with E-state index in [0.29, 0.717) is 11.1 Å². The van der Waals surface area contributed by atoms with Crippen molar-refractivity contribution in [3.63, 3.8) is 0 Å². The van der Waals surface area contributed by atoms with E-state index in [9.17, 15) is 24.9 Å². The molecule has 1 aromatic rings. The summed E-state index contributed by atoms with van der Waals surface area (Å²) < 4.78 is 33.2. The molecule has 10 heteroatoms. The molecule has 47 heavy (non-hydrogen) atoms. The lowest BCUT2D eigenvalue weighted by atomic mass is 9.53. The zero-order valence-electron chi connectivity index (χ0n) is 27.3. The highest BCUT2D eigenvalue weighted by Crippen LogP contribution is 2.73. The molecule has 1 aromatic carbocycles. The van der Waals surface area contributed by atoms with Crippen LogP contribution in [0.25, 0.3) is 0 Å². The van der Waals surface area contributed by atoms with Crippen LogP contribution in [0.1, 0.15) is 63.7 Å². The van der Waals surface area contributed by atoms with Crippen molar-refractivity contribution in [3.8, 4) is 0 Å². The second-order valence-electron chi connectivity index (χ2n) is 14.1. The number of ketones is 1. The fourth-order valence-electron chi connectivity index (χ4n) is 9.24. The molecule has 0 unspecified atom stereocenters. The number of Topliss-reactive ketones (excluding diaryl/α,β-unsaturated/α-hetero) is 1. The number of hydrogen-bond acceptors (Lipinski definition) is 10. The predicted octanol–water partition coefficient (Wildman–Crippen LogP) is 3.70. The van der Waals surface area contributed by atoms with Crippen LogP contribution in [0.4, 0.5) is 0 Å². The number of unbranched alkanes of at least 4 members (excludes halogenated alkanes) is 3. The van der Waals surface area contributed by atoms with Crippen LogP contribution in [0.15, 0.2) is 78.4 Å². The molecule has 6 aliphatic rings. The van der Waals surface area contributed by atoms with Crippen molar-refractivity contribution in [1.82, 2.24) is 0 Å². The van der Waals surface area contributed by atoms with Gasteiger partial charge in [-0.05, 0) is 50.0 Å². The third-order valence-electron chi connectivity index (χ3n) is 11.5. The predicted molar refractivity (Wildman–Crippen MR) is 169 cm³/mol. The van der Waals surface area contributed by atoms with Gasteiger partial charge in [0.1, 0.15) is 30.0 Å². The van der Waals surface area contributed by atoms with Gasteiger partial charge < -0.3 is 39.0 Å². The number of allylic oxidation sites excluding steroid dienone is 3. The van der Waals surface area contributed by atoms with Crippen molar-refractivity contribution in [3.05, 3.63) is 84.0 Å². The van der Waals surface area contributed by atoms with Crippen molar-refractivity contribution >= 4 is 11.8 Å². The van der Waals surface area contributed by atoms with Crippen LogP contribution in [0.5, 0.6) is 0 Å². The van der Waals surface area contributed by atoms with Crippen LogP contribution in [-0.4, -0.2) is 86.5 Å². The van der Waals surface area contributed by atoms with Gasteiger partial charge in [-0.1, -0.05) is 75.8 Å². The first-order valence-electron chi connectivity index (χ1n) is 16.7. The molecule has 3 N–H and O–H groups in total. The van der Waals surface area contributed by atoms with Crippen LogP contribution >= 0.6 is 0 Å². The average molecular weight is 649 g/mol. The van der Waals surface area contributed by atoms with Crippen molar-refractivity contribution in [2.75, 3.05) is 6.61 Å². The second kappa shape index (κ2) is 11.0. The lowest BCUT2D eigenvalue weighted by Gasteiger charge is -2.61. The quantitative estimate of drug-likeness (QED) is 0.113. The van der Waals surface area contributed by atoms with Gasteiger partial charge in [0.05, 0.1) is 17.8 Å². The summed E-state index contributed by atoms with van der Waals surface area (Å²) in [5, 5.41) is 34.9. The summed E-state index contributed by atoms with van der Waals surface area (Å²) in [4.78, 5) is 27.6. The molecule has 0 aromatic heterocycles. The Morgan fingerprint density at radius 2 is 1.85 bits per heavy atom. The zero-order chi connectivity index (χ0) is 33.6. The van der Waals surface area contributed by atoms with Crippen molar-refractivity contribution < 1.29 is 48.6 Å². The van der Waals surface area contributed by atoms with Crippen LogP contribution in [-0.2, 0) is 28.5 Å². The number of carbonyl (C=O) groups is 2. The summed E-state index contributed by atoms with van der Waals surface area (Å²) in [7, 11) is 0. The molecule has 3 saturated heterocycles. The van der Waals surface area contributed by atoms with E-state index in [1.54, 1.807) is 62.4 Å². The monoisotopic (exact) mass is 648 g/mol. The summed E-state index contributed by atoms with van der Waals surface area (Å²) in [5.74, 6) is -5.81. The third kappa shape index (κ3) is 4.16. The maximum absolute atomic E-state index is 13.8. The molecule has 3 aliphatic carbocycles. The fourth-order valence-corrected chi connectivity index (χ4v) is 9.24. The Morgan fingerprint density at radius 1 is 1.11 bits per heavy atom. The van der Waals surface area contributed by atoms with Gasteiger partial charge in [0.15, 0.2) is 17.0 Å². The maximum Gasteiger partial charge on any atom is 0.338 e. The van der Waals surface area contributed by atoms with E-state index in [1.165, 1.54) is 0 Å². The Labute approximate surface area is 274 Å². The first-order chi connectivity index (χ1) is 22.4. The normalized spacial score (nSPS) is 45.8. The molecule has 5 fully saturated rings. The molecule has 0 spiro atoms.